The first-order valence-electron chi connectivity index (χ1n) is 9.53. The van der Waals surface area contributed by atoms with E-state index in [0.29, 0.717) is 22.3 Å². The van der Waals surface area contributed by atoms with E-state index in [4.69, 9.17) is 0 Å². The van der Waals surface area contributed by atoms with Crippen LogP contribution in [0.2, 0.25) is 0 Å². The van der Waals surface area contributed by atoms with Crippen molar-refractivity contribution in [3.63, 3.8) is 0 Å². The zero-order chi connectivity index (χ0) is 22.0. The predicted octanol–water partition coefficient (Wildman–Crippen LogP) is 4.17. The summed E-state index contributed by atoms with van der Waals surface area (Å²) in [4.78, 5) is 13.6. The highest BCUT2D eigenvalue weighted by Crippen LogP contribution is 2.30. The lowest BCUT2D eigenvalue weighted by Crippen LogP contribution is -2.25. The predicted molar refractivity (Wildman–Crippen MR) is 118 cm³/mol. The van der Waals surface area contributed by atoms with E-state index in [1.807, 2.05) is 30.3 Å². The minimum Gasteiger partial charge on any atom is -0.267 e. The van der Waals surface area contributed by atoms with Crippen molar-refractivity contribution in [3.8, 4) is 22.3 Å². The zero-order valence-electron chi connectivity index (χ0n) is 16.7. The smallest absolute Gasteiger partial charge is 0.267 e. The Kier molecular flexibility index (Phi) is 5.52. The Morgan fingerprint density at radius 3 is 2.26 bits per heavy atom. The standard InChI is InChI=1S/C24H19FN2O3S/c1-31(29,30)21-9-5-8-19(14-21)22-15-26-27(16-17-10-12-20(25)13-11-17)24(28)23(22)18-6-3-2-4-7-18/h2-15H,16H2,1H3. The van der Waals surface area contributed by atoms with Crippen molar-refractivity contribution in [3.05, 3.63) is 107 Å². The van der Waals surface area contributed by atoms with Gasteiger partial charge in [-0.15, -0.1) is 0 Å². The molecule has 4 rings (SSSR count). The summed E-state index contributed by atoms with van der Waals surface area (Å²) in [5.41, 5.74) is 2.66. The largest absolute Gasteiger partial charge is 0.275 e. The molecule has 1 heterocycles. The average molecular weight is 434 g/mol. The molecule has 0 aliphatic heterocycles. The van der Waals surface area contributed by atoms with Crippen LogP contribution in [0.4, 0.5) is 4.39 Å². The van der Waals surface area contributed by atoms with Crippen LogP contribution >= 0.6 is 0 Å². The van der Waals surface area contributed by atoms with Crippen LogP contribution in [0, 0.1) is 5.82 Å². The van der Waals surface area contributed by atoms with E-state index >= 15 is 0 Å². The van der Waals surface area contributed by atoms with Crippen LogP contribution in [0.3, 0.4) is 0 Å². The molecule has 0 saturated heterocycles. The summed E-state index contributed by atoms with van der Waals surface area (Å²) in [6, 6.07) is 21.5. The molecule has 0 spiro atoms. The number of halogens is 1. The number of hydrogen-bond acceptors (Lipinski definition) is 4. The SMILES string of the molecule is CS(=O)(=O)c1cccc(-c2cnn(Cc3ccc(F)cc3)c(=O)c2-c2ccccc2)c1. The summed E-state index contributed by atoms with van der Waals surface area (Å²) < 4.78 is 38.6. The first kappa shape index (κ1) is 20.7. The highest BCUT2D eigenvalue weighted by atomic mass is 32.2. The molecule has 0 amide bonds. The molecule has 0 N–H and O–H groups in total. The number of aromatic nitrogens is 2. The monoisotopic (exact) mass is 434 g/mol. The molecule has 4 aromatic rings. The van der Waals surface area contributed by atoms with Crippen LogP contribution < -0.4 is 5.56 Å². The highest BCUT2D eigenvalue weighted by molar-refractivity contribution is 7.90. The molecule has 0 aliphatic rings. The molecule has 0 bridgehead atoms. The van der Waals surface area contributed by atoms with Gasteiger partial charge < -0.3 is 0 Å². The topological polar surface area (TPSA) is 69.0 Å². The molecule has 0 aliphatic carbocycles. The molecule has 31 heavy (non-hydrogen) atoms. The van der Waals surface area contributed by atoms with E-state index in [9.17, 15) is 17.6 Å². The van der Waals surface area contributed by atoms with E-state index in [-0.39, 0.29) is 22.8 Å². The Bertz CT molecular complexity index is 1400. The lowest BCUT2D eigenvalue weighted by Gasteiger charge is -2.13. The fourth-order valence-electron chi connectivity index (χ4n) is 3.36. The van der Waals surface area contributed by atoms with E-state index < -0.39 is 9.84 Å². The van der Waals surface area contributed by atoms with Crippen LogP contribution in [0.25, 0.3) is 22.3 Å². The van der Waals surface area contributed by atoms with Crippen LogP contribution in [0.15, 0.2) is 94.7 Å². The van der Waals surface area contributed by atoms with Crippen molar-refractivity contribution in [1.82, 2.24) is 9.78 Å². The van der Waals surface area contributed by atoms with Crippen molar-refractivity contribution >= 4 is 9.84 Å². The van der Waals surface area contributed by atoms with Gasteiger partial charge in [-0.3, -0.25) is 4.79 Å². The lowest BCUT2D eigenvalue weighted by molar-refractivity contribution is 0.602. The molecule has 156 valence electrons. The Morgan fingerprint density at radius 1 is 0.903 bits per heavy atom. The summed E-state index contributed by atoms with van der Waals surface area (Å²) in [5, 5.41) is 4.31. The van der Waals surface area contributed by atoms with Crippen molar-refractivity contribution in [2.75, 3.05) is 6.26 Å². The van der Waals surface area contributed by atoms with E-state index in [0.717, 1.165) is 11.8 Å². The number of hydrogen-bond donors (Lipinski definition) is 0. The second kappa shape index (κ2) is 8.28. The molecule has 0 unspecified atom stereocenters. The average Bonchev–Trinajstić information content (AvgIpc) is 2.76. The number of rotatable bonds is 5. The fourth-order valence-corrected chi connectivity index (χ4v) is 4.03. The fraction of sp³-hybridized carbons (Fsp3) is 0.0833. The van der Waals surface area contributed by atoms with Crippen LogP contribution in [-0.4, -0.2) is 24.5 Å². The first-order valence-corrected chi connectivity index (χ1v) is 11.4. The van der Waals surface area contributed by atoms with Gasteiger partial charge in [-0.25, -0.2) is 17.5 Å². The second-order valence-electron chi connectivity index (χ2n) is 7.19. The van der Waals surface area contributed by atoms with Crippen LogP contribution in [0.1, 0.15) is 5.56 Å². The van der Waals surface area contributed by atoms with Crippen molar-refractivity contribution in [2.45, 2.75) is 11.4 Å². The van der Waals surface area contributed by atoms with Crippen molar-refractivity contribution in [1.29, 1.82) is 0 Å². The quantitative estimate of drug-likeness (QED) is 0.473. The third kappa shape index (κ3) is 4.46. The van der Waals surface area contributed by atoms with Crippen LogP contribution in [0.5, 0.6) is 0 Å². The molecule has 3 aromatic carbocycles. The van der Waals surface area contributed by atoms with Gasteiger partial charge in [-0.1, -0.05) is 54.6 Å². The first-order chi connectivity index (χ1) is 14.8. The second-order valence-corrected chi connectivity index (χ2v) is 9.20. The molecule has 0 fully saturated rings. The van der Waals surface area contributed by atoms with Gasteiger partial charge in [0.25, 0.3) is 5.56 Å². The van der Waals surface area contributed by atoms with Crippen molar-refractivity contribution in [2.24, 2.45) is 0 Å². The zero-order valence-corrected chi connectivity index (χ0v) is 17.5. The summed E-state index contributed by atoms with van der Waals surface area (Å²) in [6.07, 6.45) is 2.71. The van der Waals surface area contributed by atoms with Gasteiger partial charge >= 0.3 is 0 Å². The Morgan fingerprint density at radius 2 is 1.58 bits per heavy atom. The maximum Gasteiger partial charge on any atom is 0.275 e. The minimum atomic E-state index is -3.41. The molecular weight excluding hydrogens is 415 g/mol. The molecule has 0 saturated carbocycles. The van der Waals surface area contributed by atoms with E-state index in [1.165, 1.54) is 22.9 Å². The van der Waals surface area contributed by atoms with Gasteiger partial charge in [-0.05, 0) is 41.0 Å². The number of benzene rings is 3. The summed E-state index contributed by atoms with van der Waals surface area (Å²) in [6.45, 7) is 0.183. The maximum absolute atomic E-state index is 13.4. The van der Waals surface area contributed by atoms with Crippen LogP contribution in [-0.2, 0) is 16.4 Å². The highest BCUT2D eigenvalue weighted by Gasteiger charge is 2.17. The molecule has 5 nitrogen and oxygen atoms in total. The van der Waals surface area contributed by atoms with Gasteiger partial charge in [0.2, 0.25) is 0 Å². The number of sulfone groups is 1. The number of nitrogens with zero attached hydrogens (tertiary/aromatic N) is 2. The molecular formula is C24H19FN2O3S. The van der Waals surface area contributed by atoms with Crippen molar-refractivity contribution < 1.29 is 12.8 Å². The third-order valence-corrected chi connectivity index (χ3v) is 6.04. The minimum absolute atomic E-state index is 0.166. The van der Waals surface area contributed by atoms with Gasteiger partial charge in [0.1, 0.15) is 5.82 Å². The summed E-state index contributed by atoms with van der Waals surface area (Å²) in [7, 11) is -3.41. The summed E-state index contributed by atoms with van der Waals surface area (Å²) >= 11 is 0. The third-order valence-electron chi connectivity index (χ3n) is 4.93. The molecule has 7 heteroatoms. The van der Waals surface area contributed by atoms with Gasteiger partial charge in [0, 0.05) is 11.8 Å². The molecule has 0 atom stereocenters. The Hall–Kier alpha value is -3.58. The molecule has 0 radical (unpaired) electrons. The summed E-state index contributed by atoms with van der Waals surface area (Å²) in [5.74, 6) is -0.352. The lowest BCUT2D eigenvalue weighted by atomic mass is 9.97. The van der Waals surface area contributed by atoms with E-state index in [2.05, 4.69) is 5.10 Å². The molecule has 1 aromatic heterocycles. The Balaban J connectivity index is 1.90. The maximum atomic E-state index is 13.4. The normalized spacial score (nSPS) is 11.4. The van der Waals surface area contributed by atoms with Gasteiger partial charge in [-0.2, -0.15) is 5.10 Å². The van der Waals surface area contributed by atoms with E-state index in [1.54, 1.807) is 36.5 Å². The van der Waals surface area contributed by atoms with Gasteiger partial charge in [0.15, 0.2) is 9.84 Å². The van der Waals surface area contributed by atoms with Gasteiger partial charge in [0.05, 0.1) is 23.2 Å². The Labute approximate surface area is 179 Å².